The van der Waals surface area contributed by atoms with Gasteiger partial charge in [-0.2, -0.15) is 22.2 Å². The van der Waals surface area contributed by atoms with Crippen LogP contribution in [0.4, 0.5) is 0 Å². The van der Waals surface area contributed by atoms with Gasteiger partial charge in [-0.25, -0.2) is 0 Å². The van der Waals surface area contributed by atoms with Crippen molar-refractivity contribution >= 4 is 45.5 Å². The van der Waals surface area contributed by atoms with Crippen LogP contribution in [0.25, 0.3) is 0 Å². The third-order valence-electron chi connectivity index (χ3n) is 6.56. The van der Waals surface area contributed by atoms with Gasteiger partial charge in [-0.1, -0.05) is 170 Å². The summed E-state index contributed by atoms with van der Waals surface area (Å²) in [4.78, 5) is 0. The van der Waals surface area contributed by atoms with E-state index in [9.17, 15) is 0 Å². The van der Waals surface area contributed by atoms with E-state index >= 15 is 0 Å². The first kappa shape index (κ1) is 32.3. The van der Waals surface area contributed by atoms with Crippen LogP contribution in [0.15, 0.2) is 0 Å². The van der Waals surface area contributed by atoms with Crippen LogP contribution >= 0.6 is 38.1 Å². The monoisotopic (exact) mass is 556 g/mol. The highest BCUT2D eigenvalue weighted by Crippen LogP contribution is 2.16. The zero-order valence-electron chi connectivity index (χ0n) is 20.8. The minimum absolute atomic E-state index is 1.10. The molecule has 0 radical (unpaired) electrons. The molecular weight excluding hydrogens is 503 g/mol. The maximum Gasteiger partial charge on any atom is 0.237 e. The summed E-state index contributed by atoms with van der Waals surface area (Å²) in [6, 6.07) is 1.10. The van der Waals surface area contributed by atoms with Crippen LogP contribution in [0.3, 0.4) is 0 Å². The molecule has 0 aromatic rings. The standard InChI is InChI=1S/C27H55BrCl2Si/c28-26-24-22-20-18-16-14-12-10-8-6-4-2-1-3-5-7-9-11-13-15-17-19-21-23-25-27-31(29)30/h31H,1-27H2. The van der Waals surface area contributed by atoms with Crippen LogP contribution in [0.2, 0.25) is 6.04 Å². The summed E-state index contributed by atoms with van der Waals surface area (Å²) in [5, 5.41) is 1.18. The zero-order valence-corrected chi connectivity index (χ0v) is 25.1. The number of hydrogen-bond donors (Lipinski definition) is 0. The molecular formula is C27H55BrCl2Si. The lowest BCUT2D eigenvalue weighted by molar-refractivity contribution is 0.517. The van der Waals surface area contributed by atoms with Crippen LogP contribution in [-0.2, 0) is 0 Å². The van der Waals surface area contributed by atoms with Crippen LogP contribution in [-0.4, -0.2) is 12.7 Å². The summed E-state index contributed by atoms with van der Waals surface area (Å²) in [5.74, 6) is 0. The summed E-state index contributed by atoms with van der Waals surface area (Å²) in [5.41, 5.74) is 0. The van der Waals surface area contributed by atoms with E-state index in [2.05, 4.69) is 15.9 Å². The minimum Gasteiger partial charge on any atom is -0.150 e. The van der Waals surface area contributed by atoms with E-state index in [1.165, 1.54) is 166 Å². The molecule has 0 aliphatic heterocycles. The molecule has 0 amide bonds. The molecule has 0 N–H and O–H groups in total. The summed E-state index contributed by atoms with van der Waals surface area (Å²) in [7, 11) is -1.33. The van der Waals surface area contributed by atoms with E-state index in [0.29, 0.717) is 0 Å². The van der Waals surface area contributed by atoms with E-state index in [1.54, 1.807) is 0 Å². The highest BCUT2D eigenvalue weighted by molar-refractivity contribution is 9.09. The second kappa shape index (κ2) is 29.3. The largest absolute Gasteiger partial charge is 0.237 e. The molecule has 4 heteroatoms. The van der Waals surface area contributed by atoms with Gasteiger partial charge in [0.2, 0.25) is 7.42 Å². The van der Waals surface area contributed by atoms with Gasteiger partial charge >= 0.3 is 0 Å². The first-order valence-electron chi connectivity index (χ1n) is 14.1. The highest BCUT2D eigenvalue weighted by Gasteiger charge is 2.00. The second-order valence-electron chi connectivity index (χ2n) is 9.71. The quantitative estimate of drug-likeness (QED) is 0.0407. The first-order valence-corrected chi connectivity index (χ1v) is 19.5. The van der Waals surface area contributed by atoms with Crippen LogP contribution in [0.1, 0.15) is 161 Å². The summed E-state index contributed by atoms with van der Waals surface area (Å²) >= 11 is 15.3. The highest BCUT2D eigenvalue weighted by atomic mass is 79.9. The minimum atomic E-state index is -1.33. The SMILES string of the molecule is Cl[SiH](Cl)CCCCCCCCCCCCCCCCCCCCCCCCCCCBr. The predicted octanol–water partition coefficient (Wildman–Crippen LogP) is 11.8. The van der Waals surface area contributed by atoms with Gasteiger partial charge in [-0.05, 0) is 12.5 Å². The lowest BCUT2D eigenvalue weighted by atomic mass is 10.0. The number of unbranched alkanes of at least 4 members (excludes halogenated alkanes) is 24. The fourth-order valence-corrected chi connectivity index (χ4v) is 6.38. The fourth-order valence-electron chi connectivity index (χ4n) is 4.46. The molecule has 0 spiro atoms. The average molecular weight is 559 g/mol. The molecule has 0 aromatic carbocycles. The molecule has 0 saturated carbocycles. The Morgan fingerprint density at radius 3 is 0.710 bits per heavy atom. The average Bonchev–Trinajstić information content (AvgIpc) is 2.76. The Hall–Kier alpha value is 1.28. The molecule has 188 valence electrons. The summed E-state index contributed by atoms with van der Waals surface area (Å²) in [6.07, 6.45) is 36.0. The Morgan fingerprint density at radius 1 is 0.323 bits per heavy atom. The van der Waals surface area contributed by atoms with Crippen molar-refractivity contribution in [3.05, 3.63) is 0 Å². The molecule has 0 bridgehead atoms. The van der Waals surface area contributed by atoms with E-state index < -0.39 is 7.42 Å². The van der Waals surface area contributed by atoms with E-state index in [0.717, 1.165) is 6.04 Å². The molecule has 0 fully saturated rings. The second-order valence-corrected chi connectivity index (χ2v) is 15.7. The molecule has 0 rings (SSSR count). The van der Waals surface area contributed by atoms with Crippen molar-refractivity contribution in [1.82, 2.24) is 0 Å². The molecule has 0 aliphatic rings. The summed E-state index contributed by atoms with van der Waals surface area (Å²) < 4.78 is 0. The maximum absolute atomic E-state index is 5.89. The number of halogens is 3. The van der Waals surface area contributed by atoms with Crippen molar-refractivity contribution in [2.45, 2.75) is 167 Å². The zero-order chi connectivity index (χ0) is 22.7. The Bertz CT molecular complexity index is 316. The Morgan fingerprint density at radius 2 is 0.516 bits per heavy atom. The van der Waals surface area contributed by atoms with E-state index in [4.69, 9.17) is 22.2 Å². The summed E-state index contributed by atoms with van der Waals surface area (Å²) in [6.45, 7) is 0. The van der Waals surface area contributed by atoms with Gasteiger partial charge in [0.25, 0.3) is 0 Å². The molecule has 0 heterocycles. The van der Waals surface area contributed by atoms with Crippen molar-refractivity contribution in [3.8, 4) is 0 Å². The molecule has 31 heavy (non-hydrogen) atoms. The van der Waals surface area contributed by atoms with E-state index in [-0.39, 0.29) is 0 Å². The Kier molecular flexibility index (Phi) is 30.5. The lowest BCUT2D eigenvalue weighted by Gasteiger charge is -2.04. The molecule has 0 saturated heterocycles. The molecule has 0 unspecified atom stereocenters. The van der Waals surface area contributed by atoms with Crippen molar-refractivity contribution in [2.75, 3.05) is 5.33 Å². The number of hydrogen-bond acceptors (Lipinski definition) is 0. The number of rotatable bonds is 27. The first-order chi connectivity index (χ1) is 15.3. The van der Waals surface area contributed by atoms with Crippen LogP contribution in [0.5, 0.6) is 0 Å². The normalized spacial score (nSPS) is 11.6. The van der Waals surface area contributed by atoms with Gasteiger partial charge in [0.1, 0.15) is 0 Å². The van der Waals surface area contributed by atoms with Crippen LogP contribution < -0.4 is 0 Å². The van der Waals surface area contributed by atoms with Gasteiger partial charge in [-0.15, -0.1) is 0 Å². The molecule has 0 atom stereocenters. The van der Waals surface area contributed by atoms with Crippen molar-refractivity contribution in [2.24, 2.45) is 0 Å². The third-order valence-corrected chi connectivity index (χ3v) is 9.27. The Labute approximate surface area is 216 Å². The van der Waals surface area contributed by atoms with Gasteiger partial charge < -0.3 is 0 Å². The molecule has 0 aliphatic carbocycles. The Balaban J connectivity index is 2.99. The van der Waals surface area contributed by atoms with Gasteiger partial charge in [-0.3, -0.25) is 0 Å². The fraction of sp³-hybridized carbons (Fsp3) is 1.00. The maximum atomic E-state index is 5.89. The lowest BCUT2D eigenvalue weighted by Crippen LogP contribution is -1.91. The van der Waals surface area contributed by atoms with Crippen molar-refractivity contribution in [3.63, 3.8) is 0 Å². The molecule has 0 nitrogen and oxygen atoms in total. The van der Waals surface area contributed by atoms with Gasteiger partial charge in [0, 0.05) is 5.33 Å². The smallest absolute Gasteiger partial charge is 0.150 e. The van der Waals surface area contributed by atoms with Crippen LogP contribution in [0, 0.1) is 0 Å². The number of alkyl halides is 1. The van der Waals surface area contributed by atoms with Gasteiger partial charge in [0.15, 0.2) is 0 Å². The molecule has 0 aromatic heterocycles. The predicted molar refractivity (Wildman–Crippen MR) is 153 cm³/mol. The van der Waals surface area contributed by atoms with Crippen molar-refractivity contribution < 1.29 is 0 Å². The van der Waals surface area contributed by atoms with Crippen molar-refractivity contribution in [1.29, 1.82) is 0 Å². The third kappa shape index (κ3) is 31.3. The topological polar surface area (TPSA) is 0 Å². The van der Waals surface area contributed by atoms with E-state index in [1.807, 2.05) is 0 Å². The van der Waals surface area contributed by atoms with Gasteiger partial charge in [0.05, 0.1) is 0 Å².